The fraction of sp³-hybridized carbons (Fsp3) is 0.158. The minimum Gasteiger partial charge on any atom is -0.493 e. The minimum absolute atomic E-state index is 0.165. The molecule has 0 amide bonds. The average Bonchev–Trinajstić information content (AvgIpc) is 2.63. The van der Waals surface area contributed by atoms with E-state index >= 15 is 0 Å². The van der Waals surface area contributed by atoms with Gasteiger partial charge in [-0.05, 0) is 11.5 Å². The van der Waals surface area contributed by atoms with Crippen LogP contribution in [0.1, 0.15) is 0 Å². The number of benzene rings is 3. The lowest BCUT2D eigenvalue weighted by molar-refractivity contribution is 0.316. The third-order valence-electron chi connectivity index (χ3n) is 3.71. The van der Waals surface area contributed by atoms with Gasteiger partial charge in [-0.3, -0.25) is 5.11 Å². The molecule has 24 heavy (non-hydrogen) atoms. The second-order valence-electron chi connectivity index (χ2n) is 5.08. The highest BCUT2D eigenvalue weighted by Gasteiger charge is 2.16. The van der Waals surface area contributed by atoms with Gasteiger partial charge < -0.3 is 18.9 Å². The lowest BCUT2D eigenvalue weighted by Crippen LogP contribution is -1.96. The van der Waals surface area contributed by atoms with E-state index in [2.05, 4.69) is 0 Å². The summed E-state index contributed by atoms with van der Waals surface area (Å²) in [5, 5.41) is 14.0. The molecule has 0 aliphatic rings. The number of hydrogen-bond donors (Lipinski definition) is 0. The molecule has 0 bridgehead atoms. The molecular weight excluding hydrogens is 308 g/mol. The Labute approximate surface area is 140 Å². The van der Waals surface area contributed by atoms with Crippen molar-refractivity contribution in [2.75, 3.05) is 21.3 Å². The molecule has 0 aliphatic heterocycles. The van der Waals surface area contributed by atoms with Gasteiger partial charge in [-0.15, -0.1) is 0 Å². The third-order valence-corrected chi connectivity index (χ3v) is 3.71. The first-order chi connectivity index (χ1) is 11.7. The lowest BCUT2D eigenvalue weighted by atomic mass is 10.1. The molecule has 0 aromatic heterocycles. The topological polar surface area (TPSA) is 56.8 Å². The van der Waals surface area contributed by atoms with E-state index in [0.717, 1.165) is 5.39 Å². The van der Waals surface area contributed by atoms with Crippen molar-refractivity contribution in [2.24, 2.45) is 0 Å². The van der Waals surface area contributed by atoms with E-state index in [0.29, 0.717) is 28.4 Å². The van der Waals surface area contributed by atoms with Gasteiger partial charge in [0.15, 0.2) is 17.2 Å². The molecule has 0 saturated heterocycles. The predicted octanol–water partition coefficient (Wildman–Crippen LogP) is 4.80. The summed E-state index contributed by atoms with van der Waals surface area (Å²) in [6.07, 6.45) is 0. The second-order valence-corrected chi connectivity index (χ2v) is 5.08. The zero-order valence-electron chi connectivity index (χ0n) is 13.7. The molecule has 3 rings (SSSR count). The van der Waals surface area contributed by atoms with Gasteiger partial charge in [0.2, 0.25) is 11.5 Å². The summed E-state index contributed by atoms with van der Waals surface area (Å²) in [6, 6.07) is 14.2. The van der Waals surface area contributed by atoms with Crippen molar-refractivity contribution in [2.45, 2.75) is 0 Å². The van der Waals surface area contributed by atoms with Crippen LogP contribution in [0, 0.1) is 0 Å². The third kappa shape index (κ3) is 2.76. The van der Waals surface area contributed by atoms with E-state index in [-0.39, 0.29) is 11.5 Å². The highest BCUT2D eigenvalue weighted by atomic mass is 16.5. The van der Waals surface area contributed by atoms with E-state index in [9.17, 15) is 5.11 Å². The molecule has 123 valence electrons. The number of ether oxygens (including phenoxy) is 4. The largest absolute Gasteiger partial charge is 0.493 e. The molecule has 0 unspecified atom stereocenters. The molecule has 0 spiro atoms. The summed E-state index contributed by atoms with van der Waals surface area (Å²) in [5.74, 6) is 1.88. The molecule has 1 radical (unpaired) electrons. The van der Waals surface area contributed by atoms with Crippen LogP contribution in [0.4, 0.5) is 0 Å². The van der Waals surface area contributed by atoms with Crippen LogP contribution >= 0.6 is 0 Å². The smallest absolute Gasteiger partial charge is 0.228 e. The van der Waals surface area contributed by atoms with E-state index < -0.39 is 0 Å². The van der Waals surface area contributed by atoms with Crippen molar-refractivity contribution in [1.82, 2.24) is 0 Å². The monoisotopic (exact) mass is 325 g/mol. The normalized spacial score (nSPS) is 10.5. The zero-order valence-corrected chi connectivity index (χ0v) is 13.7. The maximum atomic E-state index is 12.6. The maximum Gasteiger partial charge on any atom is 0.228 e. The van der Waals surface area contributed by atoms with Crippen LogP contribution in [0.3, 0.4) is 0 Å². The van der Waals surface area contributed by atoms with Gasteiger partial charge in [-0.25, -0.2) is 0 Å². The van der Waals surface area contributed by atoms with Crippen LogP contribution in [0.2, 0.25) is 0 Å². The maximum absolute atomic E-state index is 12.6. The molecule has 0 N–H and O–H groups in total. The first-order valence-electron chi connectivity index (χ1n) is 7.34. The van der Waals surface area contributed by atoms with Gasteiger partial charge in [0.05, 0.1) is 21.3 Å². The van der Waals surface area contributed by atoms with Crippen molar-refractivity contribution in [3.05, 3.63) is 48.5 Å². The van der Waals surface area contributed by atoms with Gasteiger partial charge in [0.1, 0.15) is 5.75 Å². The fourth-order valence-electron chi connectivity index (χ4n) is 2.55. The number of fused-ring (bicyclic) bond motifs is 1. The Morgan fingerprint density at radius 2 is 1.42 bits per heavy atom. The quantitative estimate of drug-likeness (QED) is 0.676. The molecule has 0 fully saturated rings. The number of rotatable bonds is 5. The molecule has 0 atom stereocenters. The van der Waals surface area contributed by atoms with Crippen molar-refractivity contribution >= 4 is 10.8 Å². The van der Waals surface area contributed by atoms with Crippen molar-refractivity contribution in [3.63, 3.8) is 0 Å². The van der Waals surface area contributed by atoms with Gasteiger partial charge >= 0.3 is 0 Å². The average molecular weight is 325 g/mol. The van der Waals surface area contributed by atoms with Gasteiger partial charge in [0, 0.05) is 17.5 Å². The second kappa shape index (κ2) is 6.58. The molecule has 0 saturated carbocycles. The molecule has 5 nitrogen and oxygen atoms in total. The predicted molar refractivity (Wildman–Crippen MR) is 90.3 cm³/mol. The summed E-state index contributed by atoms with van der Waals surface area (Å²) >= 11 is 0. The SMILES string of the molecule is COc1cc(Oc2ccc3ccccc3c2[O])cc(OC)c1OC. The summed E-state index contributed by atoms with van der Waals surface area (Å²) in [7, 11) is 4.58. The van der Waals surface area contributed by atoms with Gasteiger partial charge in [0.25, 0.3) is 0 Å². The Morgan fingerprint density at radius 1 is 0.750 bits per heavy atom. The molecule has 0 heterocycles. The van der Waals surface area contributed by atoms with Crippen LogP contribution in [0.5, 0.6) is 34.5 Å². The van der Waals surface area contributed by atoms with Crippen LogP contribution in [0.25, 0.3) is 10.8 Å². The molecule has 0 aliphatic carbocycles. The van der Waals surface area contributed by atoms with Crippen molar-refractivity contribution in [3.8, 4) is 34.5 Å². The van der Waals surface area contributed by atoms with Crippen LogP contribution in [-0.2, 0) is 5.11 Å². The summed E-state index contributed by atoms with van der Waals surface area (Å²) in [4.78, 5) is 0. The Balaban J connectivity index is 2.04. The van der Waals surface area contributed by atoms with Crippen LogP contribution < -0.4 is 18.9 Å². The molecule has 3 aromatic rings. The Bertz CT molecular complexity index is 848. The summed E-state index contributed by atoms with van der Waals surface area (Å²) in [5.41, 5.74) is 0. The van der Waals surface area contributed by atoms with Gasteiger partial charge in [-0.2, -0.15) is 0 Å². The van der Waals surface area contributed by atoms with Gasteiger partial charge in [-0.1, -0.05) is 30.3 Å². The highest BCUT2D eigenvalue weighted by molar-refractivity contribution is 5.90. The first-order valence-corrected chi connectivity index (χ1v) is 7.34. The molecular formula is C19H17O5. The van der Waals surface area contributed by atoms with E-state index in [4.69, 9.17) is 18.9 Å². The number of hydrogen-bond acceptors (Lipinski definition) is 4. The van der Waals surface area contributed by atoms with E-state index in [1.54, 1.807) is 24.3 Å². The fourth-order valence-corrected chi connectivity index (χ4v) is 2.55. The number of methoxy groups -OCH3 is 3. The zero-order chi connectivity index (χ0) is 17.1. The van der Waals surface area contributed by atoms with Crippen LogP contribution in [0.15, 0.2) is 48.5 Å². The lowest BCUT2D eigenvalue weighted by Gasteiger charge is -2.15. The first kappa shape index (κ1) is 15.8. The van der Waals surface area contributed by atoms with E-state index in [1.165, 1.54) is 21.3 Å². The van der Waals surface area contributed by atoms with Crippen LogP contribution in [-0.4, -0.2) is 21.3 Å². The highest BCUT2D eigenvalue weighted by Crippen LogP contribution is 2.44. The van der Waals surface area contributed by atoms with Crippen molar-refractivity contribution < 1.29 is 24.1 Å². The molecule has 3 aromatic carbocycles. The van der Waals surface area contributed by atoms with E-state index in [1.807, 2.05) is 24.3 Å². The summed E-state index contributed by atoms with van der Waals surface area (Å²) in [6.45, 7) is 0. The Morgan fingerprint density at radius 3 is 2.04 bits per heavy atom. The molecule has 5 heteroatoms. The minimum atomic E-state index is -0.165. The standard InChI is InChI=1S/C19H17O5/c1-21-16-10-13(11-17(22-2)19(16)23-3)24-15-9-8-12-6-4-5-7-14(12)18(15)20/h4-11H,1-3H3. The Hall–Kier alpha value is -3.08. The summed E-state index contributed by atoms with van der Waals surface area (Å²) < 4.78 is 21.6. The Kier molecular flexibility index (Phi) is 4.33. The van der Waals surface area contributed by atoms with Crippen molar-refractivity contribution in [1.29, 1.82) is 0 Å².